The van der Waals surface area contributed by atoms with Gasteiger partial charge in [-0.2, -0.15) is 5.10 Å². The number of rotatable bonds is 4. The van der Waals surface area contributed by atoms with Gasteiger partial charge < -0.3 is 4.74 Å². The summed E-state index contributed by atoms with van der Waals surface area (Å²) in [5.41, 5.74) is -0.0383. The van der Waals surface area contributed by atoms with Gasteiger partial charge >= 0.3 is 5.69 Å². The van der Waals surface area contributed by atoms with Crippen LogP contribution in [0.15, 0.2) is 30.6 Å². The Hall–Kier alpha value is -2.70. The molecular weight excluding hydrogens is 238 g/mol. The number of nitro groups is 1. The molecule has 0 amide bonds. The molecule has 0 radical (unpaired) electrons. The number of benzene rings is 1. The van der Waals surface area contributed by atoms with Crippen LogP contribution in [0.1, 0.15) is 10.4 Å². The Balaban J connectivity index is 2.37. The average Bonchev–Trinajstić information content (AvgIpc) is 2.75. The lowest BCUT2D eigenvalue weighted by Crippen LogP contribution is -1.94. The molecule has 0 saturated heterocycles. The second-order valence-corrected chi connectivity index (χ2v) is 3.55. The van der Waals surface area contributed by atoms with Crippen molar-refractivity contribution in [3.05, 3.63) is 46.3 Å². The Morgan fingerprint density at radius 1 is 1.50 bits per heavy atom. The normalized spacial score (nSPS) is 10.1. The summed E-state index contributed by atoms with van der Waals surface area (Å²) >= 11 is 0. The zero-order valence-corrected chi connectivity index (χ0v) is 9.44. The molecule has 18 heavy (non-hydrogen) atoms. The first-order chi connectivity index (χ1) is 8.60. The van der Waals surface area contributed by atoms with Crippen molar-refractivity contribution in [1.29, 1.82) is 0 Å². The van der Waals surface area contributed by atoms with Crippen molar-refractivity contribution in [3.8, 4) is 11.5 Å². The molecule has 0 N–H and O–H groups in total. The topological polar surface area (TPSA) is 87.3 Å². The number of hydrogen-bond donors (Lipinski definition) is 0. The second-order valence-electron chi connectivity index (χ2n) is 3.55. The maximum absolute atomic E-state index is 10.9. The molecule has 7 nitrogen and oxygen atoms in total. The van der Waals surface area contributed by atoms with Gasteiger partial charge in [-0.15, -0.1) is 0 Å². The van der Waals surface area contributed by atoms with E-state index in [0.717, 1.165) is 0 Å². The maximum atomic E-state index is 10.9. The lowest BCUT2D eigenvalue weighted by atomic mass is 10.2. The van der Waals surface area contributed by atoms with Crippen LogP contribution in [0.4, 0.5) is 5.69 Å². The van der Waals surface area contributed by atoms with E-state index >= 15 is 0 Å². The summed E-state index contributed by atoms with van der Waals surface area (Å²) in [7, 11) is 1.71. The van der Waals surface area contributed by atoms with Crippen molar-refractivity contribution < 1.29 is 14.5 Å². The molecule has 1 aromatic carbocycles. The van der Waals surface area contributed by atoms with Crippen molar-refractivity contribution >= 4 is 12.0 Å². The van der Waals surface area contributed by atoms with Gasteiger partial charge in [0.15, 0.2) is 5.75 Å². The molecule has 0 fully saturated rings. The lowest BCUT2D eigenvalue weighted by Gasteiger charge is -2.03. The van der Waals surface area contributed by atoms with E-state index in [9.17, 15) is 14.9 Å². The molecule has 0 aliphatic carbocycles. The first-order valence-electron chi connectivity index (χ1n) is 5.00. The average molecular weight is 247 g/mol. The Kier molecular flexibility index (Phi) is 3.05. The van der Waals surface area contributed by atoms with Gasteiger partial charge in [-0.05, 0) is 12.1 Å². The van der Waals surface area contributed by atoms with Gasteiger partial charge in [-0.3, -0.25) is 19.6 Å². The molecule has 0 bridgehead atoms. The Labute approximate surface area is 102 Å². The fourth-order valence-electron chi connectivity index (χ4n) is 1.42. The summed E-state index contributed by atoms with van der Waals surface area (Å²) in [6.07, 6.45) is 3.57. The summed E-state index contributed by atoms with van der Waals surface area (Å²) in [6, 6.07) is 4.00. The molecule has 0 saturated carbocycles. The van der Waals surface area contributed by atoms with E-state index in [4.69, 9.17) is 4.74 Å². The third kappa shape index (κ3) is 2.34. The maximum Gasteiger partial charge on any atom is 0.312 e. The third-order valence-corrected chi connectivity index (χ3v) is 2.22. The predicted octanol–water partition coefficient (Wildman–Crippen LogP) is 1.93. The van der Waals surface area contributed by atoms with Crippen LogP contribution in [0.2, 0.25) is 0 Å². The largest absolute Gasteiger partial charge is 0.447 e. The van der Waals surface area contributed by atoms with Crippen molar-refractivity contribution in [3.63, 3.8) is 0 Å². The molecule has 0 unspecified atom stereocenters. The van der Waals surface area contributed by atoms with Crippen molar-refractivity contribution in [2.45, 2.75) is 0 Å². The van der Waals surface area contributed by atoms with E-state index in [1.165, 1.54) is 29.1 Å². The zero-order valence-electron chi connectivity index (χ0n) is 9.44. The number of carbonyl (C=O) groups is 1. The highest BCUT2D eigenvalue weighted by atomic mass is 16.6. The van der Waals surface area contributed by atoms with Gasteiger partial charge in [0.05, 0.1) is 17.3 Å². The number of nitrogens with zero attached hydrogens (tertiary/aromatic N) is 3. The highest BCUT2D eigenvalue weighted by Crippen LogP contribution is 2.31. The minimum absolute atomic E-state index is 0.0681. The molecule has 0 spiro atoms. The molecule has 92 valence electrons. The summed E-state index contributed by atoms with van der Waals surface area (Å²) in [5.74, 6) is 0.457. The third-order valence-electron chi connectivity index (χ3n) is 2.22. The van der Waals surface area contributed by atoms with Crippen LogP contribution in [0.25, 0.3) is 0 Å². The quantitative estimate of drug-likeness (QED) is 0.468. The van der Waals surface area contributed by atoms with E-state index in [-0.39, 0.29) is 17.0 Å². The molecule has 0 aliphatic heterocycles. The van der Waals surface area contributed by atoms with Crippen molar-refractivity contribution in [1.82, 2.24) is 9.78 Å². The van der Waals surface area contributed by atoms with Crippen LogP contribution in [0, 0.1) is 10.1 Å². The molecular formula is C11H9N3O4. The standard InChI is InChI=1S/C11H9N3O4/c1-13-6-9(5-12-13)18-11-3-2-8(7-15)4-10(11)14(16)17/h2-7H,1H3. The molecule has 1 aromatic heterocycles. The van der Waals surface area contributed by atoms with E-state index < -0.39 is 4.92 Å². The lowest BCUT2D eigenvalue weighted by molar-refractivity contribution is -0.385. The van der Waals surface area contributed by atoms with E-state index in [0.29, 0.717) is 12.0 Å². The summed E-state index contributed by atoms with van der Waals surface area (Å²) in [4.78, 5) is 20.9. The van der Waals surface area contributed by atoms with Gasteiger partial charge in [-0.25, -0.2) is 0 Å². The first-order valence-corrected chi connectivity index (χ1v) is 5.00. The van der Waals surface area contributed by atoms with Crippen LogP contribution in [0.5, 0.6) is 11.5 Å². The van der Waals surface area contributed by atoms with Gasteiger partial charge in [-0.1, -0.05) is 0 Å². The predicted molar refractivity (Wildman–Crippen MR) is 61.8 cm³/mol. The number of ether oxygens (including phenoxy) is 1. The van der Waals surface area contributed by atoms with E-state index in [1.807, 2.05) is 0 Å². The summed E-state index contributed by atoms with van der Waals surface area (Å²) in [6.45, 7) is 0. The number of aromatic nitrogens is 2. The van der Waals surface area contributed by atoms with Crippen molar-refractivity contribution in [2.24, 2.45) is 7.05 Å². The number of hydrogen-bond acceptors (Lipinski definition) is 5. The van der Waals surface area contributed by atoms with Crippen LogP contribution >= 0.6 is 0 Å². The summed E-state index contributed by atoms with van der Waals surface area (Å²) in [5, 5.41) is 14.8. The van der Waals surface area contributed by atoms with E-state index in [2.05, 4.69) is 5.10 Å². The highest BCUT2D eigenvalue weighted by Gasteiger charge is 2.17. The first kappa shape index (κ1) is 11.8. The highest BCUT2D eigenvalue weighted by molar-refractivity contribution is 5.77. The zero-order chi connectivity index (χ0) is 13.1. The SMILES string of the molecule is Cn1cc(Oc2ccc(C=O)cc2[N+](=O)[O-])cn1. The minimum atomic E-state index is -0.599. The van der Waals surface area contributed by atoms with Gasteiger partial charge in [0.25, 0.3) is 0 Å². The molecule has 2 rings (SSSR count). The van der Waals surface area contributed by atoms with Crippen LogP contribution in [-0.4, -0.2) is 21.0 Å². The minimum Gasteiger partial charge on any atom is -0.447 e. The van der Waals surface area contributed by atoms with Gasteiger partial charge in [0.2, 0.25) is 5.75 Å². The monoisotopic (exact) mass is 247 g/mol. The molecule has 2 aromatic rings. The molecule has 0 aliphatic rings. The van der Waals surface area contributed by atoms with Gasteiger partial charge in [0, 0.05) is 18.7 Å². The van der Waals surface area contributed by atoms with Crippen molar-refractivity contribution in [2.75, 3.05) is 0 Å². The Morgan fingerprint density at radius 2 is 2.28 bits per heavy atom. The number of nitro benzene ring substituents is 1. The second kappa shape index (κ2) is 4.66. The number of carbonyl (C=O) groups excluding carboxylic acids is 1. The Bertz CT molecular complexity index is 606. The number of aldehydes is 1. The number of aryl methyl sites for hydroxylation is 1. The van der Waals surface area contributed by atoms with Crippen LogP contribution < -0.4 is 4.74 Å². The summed E-state index contributed by atoms with van der Waals surface area (Å²) < 4.78 is 6.87. The van der Waals surface area contributed by atoms with E-state index in [1.54, 1.807) is 13.2 Å². The fraction of sp³-hybridized carbons (Fsp3) is 0.0909. The smallest absolute Gasteiger partial charge is 0.312 e. The molecule has 0 atom stereocenters. The molecule has 7 heteroatoms. The molecule has 1 heterocycles. The van der Waals surface area contributed by atoms with Crippen LogP contribution in [0.3, 0.4) is 0 Å². The van der Waals surface area contributed by atoms with Gasteiger partial charge in [0.1, 0.15) is 6.29 Å². The fourth-order valence-corrected chi connectivity index (χ4v) is 1.42. The van der Waals surface area contributed by atoms with Crippen LogP contribution in [-0.2, 0) is 7.05 Å². The Morgan fingerprint density at radius 3 is 2.83 bits per heavy atom.